The van der Waals surface area contributed by atoms with Gasteiger partial charge in [-0.2, -0.15) is 0 Å². The molecule has 0 amide bonds. The fourth-order valence-corrected chi connectivity index (χ4v) is 2.37. The van der Waals surface area contributed by atoms with Gasteiger partial charge in [0.05, 0.1) is 4.90 Å². The second kappa shape index (κ2) is 7.00. The van der Waals surface area contributed by atoms with Gasteiger partial charge in [0.15, 0.2) is 0 Å². The molecule has 0 radical (unpaired) electrons. The fraction of sp³-hybridized carbons (Fsp3) is 0.538. The Balaban J connectivity index is 2.69. The van der Waals surface area contributed by atoms with Gasteiger partial charge in [-0.1, -0.05) is 12.1 Å². The van der Waals surface area contributed by atoms with Crippen molar-refractivity contribution >= 4 is 10.0 Å². The summed E-state index contributed by atoms with van der Waals surface area (Å²) in [5.74, 6) is 0. The van der Waals surface area contributed by atoms with Gasteiger partial charge in [0, 0.05) is 12.6 Å². The lowest BCUT2D eigenvalue weighted by Gasteiger charge is -2.25. The molecular formula is C13H22N2O3S. The van der Waals surface area contributed by atoms with Gasteiger partial charge in [-0.3, -0.25) is 4.90 Å². The molecule has 0 aliphatic rings. The van der Waals surface area contributed by atoms with Crippen LogP contribution in [0.5, 0.6) is 0 Å². The first kappa shape index (κ1) is 16.1. The predicted molar refractivity (Wildman–Crippen MR) is 75.2 cm³/mol. The van der Waals surface area contributed by atoms with E-state index in [0.29, 0.717) is 0 Å². The Morgan fingerprint density at radius 3 is 2.32 bits per heavy atom. The Labute approximate surface area is 115 Å². The number of hydrogen-bond donors (Lipinski definition) is 2. The van der Waals surface area contributed by atoms with Crippen LogP contribution in [-0.2, 0) is 10.0 Å². The highest BCUT2D eigenvalue weighted by Crippen LogP contribution is 2.20. The van der Waals surface area contributed by atoms with Gasteiger partial charge in [-0.15, -0.1) is 0 Å². The Morgan fingerprint density at radius 2 is 1.84 bits per heavy atom. The van der Waals surface area contributed by atoms with Crippen molar-refractivity contribution in [1.29, 1.82) is 0 Å². The molecule has 0 aliphatic carbocycles. The maximum Gasteiger partial charge on any atom is 0.238 e. The third-order valence-electron chi connectivity index (χ3n) is 3.27. The Morgan fingerprint density at radius 1 is 1.26 bits per heavy atom. The predicted octanol–water partition coefficient (Wildman–Crippen LogP) is 1.10. The number of aliphatic hydroxyl groups is 1. The third-order valence-corrected chi connectivity index (χ3v) is 4.20. The molecule has 0 aliphatic heterocycles. The molecule has 1 atom stereocenters. The molecule has 5 nitrogen and oxygen atoms in total. The van der Waals surface area contributed by atoms with Gasteiger partial charge in [0.2, 0.25) is 10.0 Å². The van der Waals surface area contributed by atoms with Crippen LogP contribution in [0.3, 0.4) is 0 Å². The fourth-order valence-electron chi connectivity index (χ4n) is 1.86. The minimum Gasteiger partial charge on any atom is -0.396 e. The summed E-state index contributed by atoms with van der Waals surface area (Å²) in [5.41, 5.74) is 1.04. The number of aliphatic hydroxyl groups excluding tert-OH is 1. The zero-order chi connectivity index (χ0) is 14.5. The smallest absolute Gasteiger partial charge is 0.238 e. The number of primary sulfonamides is 1. The molecule has 0 spiro atoms. The van der Waals surface area contributed by atoms with Crippen molar-refractivity contribution in [3.63, 3.8) is 0 Å². The SMILES string of the molecule is CC(c1ccc(S(N)(=O)=O)cc1)N(C)CCCCO. The molecule has 0 saturated heterocycles. The van der Waals surface area contributed by atoms with E-state index in [-0.39, 0.29) is 17.5 Å². The Hall–Kier alpha value is -0.950. The third kappa shape index (κ3) is 4.91. The number of nitrogens with two attached hydrogens (primary N) is 1. The highest BCUT2D eigenvalue weighted by molar-refractivity contribution is 7.89. The summed E-state index contributed by atoms with van der Waals surface area (Å²) in [5, 5.41) is 13.8. The van der Waals surface area contributed by atoms with Crippen LogP contribution in [-0.4, -0.2) is 38.6 Å². The van der Waals surface area contributed by atoms with E-state index in [9.17, 15) is 8.42 Å². The lowest BCUT2D eigenvalue weighted by Crippen LogP contribution is -2.23. The summed E-state index contributed by atoms with van der Waals surface area (Å²) < 4.78 is 22.3. The Kier molecular flexibility index (Phi) is 5.93. The van der Waals surface area contributed by atoms with Crippen molar-refractivity contribution < 1.29 is 13.5 Å². The van der Waals surface area contributed by atoms with Crippen molar-refractivity contribution in [1.82, 2.24) is 4.90 Å². The summed E-state index contributed by atoms with van der Waals surface area (Å²) in [4.78, 5) is 2.30. The summed E-state index contributed by atoms with van der Waals surface area (Å²) in [7, 11) is -1.61. The zero-order valence-corrected chi connectivity index (χ0v) is 12.2. The van der Waals surface area contributed by atoms with Crippen LogP contribution >= 0.6 is 0 Å². The second-order valence-electron chi connectivity index (χ2n) is 4.70. The van der Waals surface area contributed by atoms with E-state index < -0.39 is 10.0 Å². The standard InChI is InChI=1S/C13H22N2O3S/c1-11(15(2)9-3-4-10-16)12-5-7-13(8-6-12)19(14,17)18/h5-8,11,16H,3-4,9-10H2,1-2H3,(H2,14,17,18). The molecule has 0 bridgehead atoms. The zero-order valence-electron chi connectivity index (χ0n) is 11.4. The molecule has 19 heavy (non-hydrogen) atoms. The van der Waals surface area contributed by atoms with Crippen molar-refractivity contribution in [2.24, 2.45) is 5.14 Å². The molecular weight excluding hydrogens is 264 g/mol. The minimum atomic E-state index is -3.62. The van der Waals surface area contributed by atoms with Crippen molar-refractivity contribution in [2.75, 3.05) is 20.2 Å². The molecule has 0 aromatic heterocycles. The van der Waals surface area contributed by atoms with Crippen LogP contribution in [0.1, 0.15) is 31.4 Å². The maximum absolute atomic E-state index is 11.2. The normalized spacial score (nSPS) is 13.7. The molecule has 6 heteroatoms. The lowest BCUT2D eigenvalue weighted by molar-refractivity contribution is 0.234. The number of unbranched alkanes of at least 4 members (excludes halogenated alkanes) is 1. The molecule has 0 fully saturated rings. The van der Waals surface area contributed by atoms with Gasteiger partial charge in [0.1, 0.15) is 0 Å². The average Bonchev–Trinajstić information content (AvgIpc) is 2.37. The van der Waals surface area contributed by atoms with Crippen LogP contribution in [0.15, 0.2) is 29.2 Å². The van der Waals surface area contributed by atoms with Crippen molar-refractivity contribution in [2.45, 2.75) is 30.7 Å². The number of hydrogen-bond acceptors (Lipinski definition) is 4. The van der Waals surface area contributed by atoms with Crippen LogP contribution in [0.4, 0.5) is 0 Å². The molecule has 1 rings (SSSR count). The Bertz CT molecular complexity index is 485. The van der Waals surface area contributed by atoms with E-state index in [4.69, 9.17) is 10.2 Å². The first-order chi connectivity index (χ1) is 8.86. The summed E-state index contributed by atoms with van der Waals surface area (Å²) in [6.07, 6.45) is 1.73. The van der Waals surface area contributed by atoms with Gasteiger partial charge < -0.3 is 5.11 Å². The molecule has 1 aromatic rings. The highest BCUT2D eigenvalue weighted by atomic mass is 32.2. The van der Waals surface area contributed by atoms with Crippen molar-refractivity contribution in [3.8, 4) is 0 Å². The molecule has 1 unspecified atom stereocenters. The summed E-state index contributed by atoms with van der Waals surface area (Å²) in [6, 6.07) is 6.82. The van der Waals surface area contributed by atoms with Gasteiger partial charge in [0.25, 0.3) is 0 Å². The number of benzene rings is 1. The van der Waals surface area contributed by atoms with E-state index in [2.05, 4.69) is 11.8 Å². The van der Waals surface area contributed by atoms with Crippen LogP contribution < -0.4 is 5.14 Å². The highest BCUT2D eigenvalue weighted by Gasteiger charge is 2.13. The van der Waals surface area contributed by atoms with Gasteiger partial charge in [-0.05, 0) is 51.1 Å². The number of rotatable bonds is 7. The quantitative estimate of drug-likeness (QED) is 0.735. The van der Waals surface area contributed by atoms with Crippen LogP contribution in [0, 0.1) is 0 Å². The summed E-state index contributed by atoms with van der Waals surface area (Å²) in [6.45, 7) is 3.16. The molecule has 0 heterocycles. The first-order valence-corrected chi connectivity index (χ1v) is 7.84. The summed E-state index contributed by atoms with van der Waals surface area (Å²) >= 11 is 0. The van der Waals surface area contributed by atoms with E-state index in [1.54, 1.807) is 12.1 Å². The molecule has 3 N–H and O–H groups in total. The van der Waals surface area contributed by atoms with Crippen LogP contribution in [0.25, 0.3) is 0 Å². The monoisotopic (exact) mass is 286 g/mol. The molecule has 108 valence electrons. The average molecular weight is 286 g/mol. The topological polar surface area (TPSA) is 83.6 Å². The van der Waals surface area contributed by atoms with Gasteiger partial charge >= 0.3 is 0 Å². The number of nitrogens with zero attached hydrogens (tertiary/aromatic N) is 1. The minimum absolute atomic E-state index is 0.131. The molecule has 1 aromatic carbocycles. The van der Waals surface area contributed by atoms with E-state index in [1.807, 2.05) is 7.05 Å². The lowest BCUT2D eigenvalue weighted by atomic mass is 10.1. The largest absolute Gasteiger partial charge is 0.396 e. The van der Waals surface area contributed by atoms with Gasteiger partial charge in [-0.25, -0.2) is 13.6 Å². The van der Waals surface area contributed by atoms with E-state index in [1.165, 1.54) is 12.1 Å². The molecule has 0 saturated carbocycles. The van der Waals surface area contributed by atoms with E-state index in [0.717, 1.165) is 24.9 Å². The number of sulfonamides is 1. The van der Waals surface area contributed by atoms with E-state index >= 15 is 0 Å². The van der Waals surface area contributed by atoms with Crippen LogP contribution in [0.2, 0.25) is 0 Å². The van der Waals surface area contributed by atoms with Crippen molar-refractivity contribution in [3.05, 3.63) is 29.8 Å². The maximum atomic E-state index is 11.2. The first-order valence-electron chi connectivity index (χ1n) is 6.30. The second-order valence-corrected chi connectivity index (χ2v) is 6.26.